The molecule has 7 nitrogen and oxygen atoms in total. The maximum atomic E-state index is 14.2. The van der Waals surface area contributed by atoms with Gasteiger partial charge in [0.05, 0.1) is 10.9 Å². The highest BCUT2D eigenvalue weighted by Gasteiger charge is 2.40. The molecule has 0 bridgehead atoms. The summed E-state index contributed by atoms with van der Waals surface area (Å²) in [6, 6.07) is 25.5. The van der Waals surface area contributed by atoms with Crippen LogP contribution >= 0.6 is 11.8 Å². The lowest BCUT2D eigenvalue weighted by molar-refractivity contribution is -0.153. The first-order valence-corrected chi connectivity index (χ1v) is 13.3. The van der Waals surface area contributed by atoms with Gasteiger partial charge in [-0.15, -0.1) is 11.8 Å². The van der Waals surface area contributed by atoms with Crippen molar-refractivity contribution in [3.63, 3.8) is 0 Å². The van der Waals surface area contributed by atoms with E-state index in [1.54, 1.807) is 26.8 Å². The van der Waals surface area contributed by atoms with Gasteiger partial charge in [-0.3, -0.25) is 19.3 Å². The summed E-state index contributed by atoms with van der Waals surface area (Å²) in [6.45, 7) is 5.09. The highest BCUT2D eigenvalue weighted by atomic mass is 32.2. The molecule has 0 aliphatic carbocycles. The number of H-pyrrole nitrogens is 1. The van der Waals surface area contributed by atoms with Crippen LogP contribution in [0.15, 0.2) is 89.8 Å². The third-order valence-electron chi connectivity index (χ3n) is 6.14. The van der Waals surface area contributed by atoms with E-state index in [-0.39, 0.29) is 12.5 Å². The lowest BCUT2D eigenvalue weighted by atomic mass is 10.0. The zero-order valence-electron chi connectivity index (χ0n) is 21.4. The first-order valence-electron chi connectivity index (χ1n) is 12.4. The quantitative estimate of drug-likeness (QED) is 0.335. The molecule has 1 aromatic heterocycles. The number of hydrogen-bond acceptors (Lipinski definition) is 5. The van der Waals surface area contributed by atoms with Crippen LogP contribution in [-0.4, -0.2) is 41.0 Å². The number of carbonyl (C=O) groups excluding carboxylic acids is 3. The van der Waals surface area contributed by atoms with Crippen molar-refractivity contribution < 1.29 is 19.1 Å². The minimum atomic E-state index is -0.948. The topological polar surface area (TPSA) is 91.5 Å². The number of nitrogens with zero attached hydrogens (tertiary/aromatic N) is 1. The smallest absolute Gasteiger partial charge is 0.326 e. The van der Waals surface area contributed by atoms with E-state index in [0.717, 1.165) is 21.4 Å². The Morgan fingerprint density at radius 2 is 1.66 bits per heavy atom. The predicted octanol–water partition coefficient (Wildman–Crippen LogP) is 5.49. The number of para-hydroxylation sites is 2. The maximum absolute atomic E-state index is 14.2. The van der Waals surface area contributed by atoms with Crippen LogP contribution in [0.3, 0.4) is 0 Å². The highest BCUT2D eigenvalue weighted by molar-refractivity contribution is 7.99. The Bertz CT molecular complexity index is 1460. The first-order chi connectivity index (χ1) is 18.2. The second-order valence-corrected chi connectivity index (χ2v) is 11.3. The molecule has 1 aliphatic rings. The molecular formula is C30H29N3O4S. The molecule has 4 aromatic rings. The molecule has 8 heteroatoms. The van der Waals surface area contributed by atoms with Crippen LogP contribution in [0.4, 0.5) is 5.69 Å². The molecule has 0 fully saturated rings. The molecule has 38 heavy (non-hydrogen) atoms. The molecule has 1 aliphatic heterocycles. The maximum Gasteiger partial charge on any atom is 0.326 e. The number of carbonyl (C=O) groups is 3. The summed E-state index contributed by atoms with van der Waals surface area (Å²) >= 11 is 1.49. The number of nitrogens with one attached hydrogen (secondary N) is 2. The van der Waals surface area contributed by atoms with Crippen LogP contribution in [0.2, 0.25) is 0 Å². The SMILES string of the molecule is CC(C)(C)OC(=O)CN1C(=O)[C@@H](NC(=O)c2cc3ccccc3[nH]2)[C@H](c2ccccc2)Sc2ccccc21. The number of fused-ring (bicyclic) bond motifs is 2. The Balaban J connectivity index is 1.54. The van der Waals surface area contributed by atoms with Crippen molar-refractivity contribution in [3.05, 3.63) is 96.2 Å². The Morgan fingerprint density at radius 1 is 0.974 bits per heavy atom. The van der Waals surface area contributed by atoms with Gasteiger partial charge in [0.1, 0.15) is 23.9 Å². The number of hydrogen-bond donors (Lipinski definition) is 2. The van der Waals surface area contributed by atoms with Gasteiger partial charge in [0, 0.05) is 15.8 Å². The van der Waals surface area contributed by atoms with E-state index in [1.165, 1.54) is 16.7 Å². The van der Waals surface area contributed by atoms with Crippen LogP contribution in [-0.2, 0) is 14.3 Å². The zero-order chi connectivity index (χ0) is 26.9. The Hall–Kier alpha value is -4.04. The van der Waals surface area contributed by atoms with Gasteiger partial charge in [-0.05, 0) is 50.6 Å². The largest absolute Gasteiger partial charge is 0.459 e. The van der Waals surface area contributed by atoms with Gasteiger partial charge < -0.3 is 15.0 Å². The Morgan fingerprint density at radius 3 is 2.39 bits per heavy atom. The third kappa shape index (κ3) is 5.45. The summed E-state index contributed by atoms with van der Waals surface area (Å²) in [4.78, 5) is 46.0. The van der Waals surface area contributed by atoms with Crippen LogP contribution in [0.5, 0.6) is 0 Å². The average Bonchev–Trinajstić information content (AvgIpc) is 3.29. The second-order valence-electron chi connectivity index (χ2n) is 10.1. The highest BCUT2D eigenvalue weighted by Crippen LogP contribution is 2.45. The fourth-order valence-corrected chi connectivity index (χ4v) is 5.87. The molecule has 3 aromatic carbocycles. The first kappa shape index (κ1) is 25.6. The lowest BCUT2D eigenvalue weighted by Crippen LogP contribution is -2.52. The molecular weight excluding hydrogens is 498 g/mol. The molecule has 0 saturated heterocycles. The minimum Gasteiger partial charge on any atom is -0.459 e. The third-order valence-corrected chi connectivity index (χ3v) is 7.54. The summed E-state index contributed by atoms with van der Waals surface area (Å²) in [5.41, 5.74) is 1.99. The molecule has 194 valence electrons. The van der Waals surface area contributed by atoms with Crippen molar-refractivity contribution in [3.8, 4) is 0 Å². The number of aromatic nitrogens is 1. The summed E-state index contributed by atoms with van der Waals surface area (Å²) < 4.78 is 5.54. The lowest BCUT2D eigenvalue weighted by Gasteiger charge is -2.29. The molecule has 0 spiro atoms. The van der Waals surface area contributed by atoms with Gasteiger partial charge in [0.25, 0.3) is 11.8 Å². The van der Waals surface area contributed by atoms with Gasteiger partial charge in [0.2, 0.25) is 0 Å². The van der Waals surface area contributed by atoms with Gasteiger partial charge >= 0.3 is 5.97 Å². The zero-order valence-corrected chi connectivity index (χ0v) is 22.2. The van der Waals surface area contributed by atoms with Crippen molar-refractivity contribution >= 4 is 46.1 Å². The van der Waals surface area contributed by atoms with E-state index in [1.807, 2.05) is 78.9 Å². The number of amides is 2. The Labute approximate surface area is 225 Å². The number of aromatic amines is 1. The normalized spacial score (nSPS) is 17.6. The Kier molecular flexibility index (Phi) is 6.99. The van der Waals surface area contributed by atoms with E-state index >= 15 is 0 Å². The molecule has 5 rings (SSSR count). The van der Waals surface area contributed by atoms with Crippen molar-refractivity contribution in [2.75, 3.05) is 11.4 Å². The van der Waals surface area contributed by atoms with Gasteiger partial charge in [-0.1, -0.05) is 60.7 Å². The van der Waals surface area contributed by atoms with Crippen LogP contribution in [0.1, 0.15) is 42.1 Å². The second kappa shape index (κ2) is 10.4. The summed E-state index contributed by atoms with van der Waals surface area (Å²) in [6.07, 6.45) is 0. The standard InChI is InChI=1S/C30H29N3O4S/c1-30(2,3)37-25(34)18-33-23-15-9-10-16-24(23)38-27(19-11-5-4-6-12-19)26(29(33)36)32-28(35)22-17-20-13-7-8-14-21(20)31-22/h4-17,26-27,31H,18H2,1-3H3,(H,32,35)/t26-,27-/m0/s1. The fraction of sp³-hybridized carbons (Fsp3) is 0.233. The number of thioether (sulfide) groups is 1. The molecule has 0 radical (unpaired) electrons. The van der Waals surface area contributed by atoms with Crippen molar-refractivity contribution in [1.29, 1.82) is 0 Å². The van der Waals surface area contributed by atoms with Gasteiger partial charge in [-0.25, -0.2) is 0 Å². The number of benzene rings is 3. The van der Waals surface area contributed by atoms with Crippen molar-refractivity contribution in [2.24, 2.45) is 0 Å². The number of anilines is 1. The molecule has 2 heterocycles. The van der Waals surface area contributed by atoms with E-state index in [2.05, 4.69) is 10.3 Å². The summed E-state index contributed by atoms with van der Waals surface area (Å²) in [7, 11) is 0. The average molecular weight is 528 g/mol. The monoisotopic (exact) mass is 527 g/mol. The van der Waals surface area contributed by atoms with Gasteiger partial charge in [0.15, 0.2) is 0 Å². The minimum absolute atomic E-state index is 0.270. The van der Waals surface area contributed by atoms with E-state index < -0.39 is 28.8 Å². The summed E-state index contributed by atoms with van der Waals surface area (Å²) in [5, 5.41) is 3.46. The van der Waals surface area contributed by atoms with Crippen LogP contribution in [0.25, 0.3) is 10.9 Å². The van der Waals surface area contributed by atoms with E-state index in [9.17, 15) is 14.4 Å². The fourth-order valence-electron chi connectivity index (χ4n) is 4.52. The van der Waals surface area contributed by atoms with Crippen molar-refractivity contribution in [1.82, 2.24) is 10.3 Å². The number of ether oxygens (including phenoxy) is 1. The number of esters is 1. The van der Waals surface area contributed by atoms with E-state index in [0.29, 0.717) is 11.4 Å². The van der Waals surface area contributed by atoms with Crippen LogP contribution < -0.4 is 10.2 Å². The molecule has 0 saturated carbocycles. The predicted molar refractivity (Wildman–Crippen MR) is 149 cm³/mol. The molecule has 2 atom stereocenters. The van der Waals surface area contributed by atoms with Gasteiger partial charge in [-0.2, -0.15) is 0 Å². The molecule has 0 unspecified atom stereocenters. The van der Waals surface area contributed by atoms with Crippen molar-refractivity contribution in [2.45, 2.75) is 42.6 Å². The summed E-state index contributed by atoms with van der Waals surface area (Å²) in [5.74, 6) is -1.31. The molecule has 2 N–H and O–H groups in total. The van der Waals surface area contributed by atoms with E-state index in [4.69, 9.17) is 4.74 Å². The number of rotatable bonds is 5. The molecule has 2 amide bonds. The van der Waals surface area contributed by atoms with Crippen LogP contribution in [0, 0.1) is 0 Å².